The van der Waals surface area contributed by atoms with Crippen LogP contribution in [0.15, 0.2) is 12.2 Å². The molecule has 5 heteroatoms. The minimum Gasteiger partial charge on any atom is -0.444 e. The van der Waals surface area contributed by atoms with Gasteiger partial charge in [0.05, 0.1) is 12.6 Å². The summed E-state index contributed by atoms with van der Waals surface area (Å²) in [6.07, 6.45) is 3.29. The van der Waals surface area contributed by atoms with Gasteiger partial charge in [0.15, 0.2) is 0 Å². The van der Waals surface area contributed by atoms with Crippen molar-refractivity contribution >= 4 is 6.09 Å². The van der Waals surface area contributed by atoms with Gasteiger partial charge in [0.1, 0.15) is 17.8 Å². The fourth-order valence-electron chi connectivity index (χ4n) is 1.95. The Kier molecular flexibility index (Phi) is 3.14. The van der Waals surface area contributed by atoms with Crippen LogP contribution in [0.2, 0.25) is 0 Å². The Morgan fingerprint density at radius 3 is 2.82 bits per heavy atom. The molecule has 0 aromatic heterocycles. The van der Waals surface area contributed by atoms with Crippen LogP contribution in [0.25, 0.3) is 0 Å². The SMILES string of the molecule is CC(C)(C)OC(=O)N1CC=C[C@H]1[C@H]1O[C@H]1CO. The third-order valence-corrected chi connectivity index (χ3v) is 2.76. The third kappa shape index (κ3) is 2.79. The Bertz CT molecular complexity index is 334. The first kappa shape index (κ1) is 12.4. The topological polar surface area (TPSA) is 62.3 Å². The second-order valence-electron chi connectivity index (χ2n) is 5.37. The van der Waals surface area contributed by atoms with Gasteiger partial charge in [-0.25, -0.2) is 4.79 Å². The first-order valence-electron chi connectivity index (χ1n) is 5.85. The average molecular weight is 241 g/mol. The molecule has 17 heavy (non-hydrogen) atoms. The first-order chi connectivity index (χ1) is 7.92. The van der Waals surface area contributed by atoms with Crippen molar-refractivity contribution in [3.05, 3.63) is 12.2 Å². The predicted octanol–water partition coefficient (Wildman–Crippen LogP) is 0.922. The molecule has 1 fully saturated rings. The monoisotopic (exact) mass is 241 g/mol. The lowest BCUT2D eigenvalue weighted by Gasteiger charge is -2.27. The lowest BCUT2D eigenvalue weighted by atomic mass is 10.1. The van der Waals surface area contributed by atoms with Crippen LogP contribution in [0.5, 0.6) is 0 Å². The smallest absolute Gasteiger partial charge is 0.411 e. The van der Waals surface area contributed by atoms with Crippen molar-refractivity contribution in [2.75, 3.05) is 13.2 Å². The number of nitrogens with zero attached hydrogens (tertiary/aromatic N) is 1. The molecule has 2 rings (SSSR count). The highest BCUT2D eigenvalue weighted by atomic mass is 16.6. The van der Waals surface area contributed by atoms with Crippen LogP contribution >= 0.6 is 0 Å². The molecule has 2 aliphatic rings. The molecule has 0 aliphatic carbocycles. The van der Waals surface area contributed by atoms with E-state index in [2.05, 4.69) is 0 Å². The summed E-state index contributed by atoms with van der Waals surface area (Å²) in [6, 6.07) is -0.109. The summed E-state index contributed by atoms with van der Waals surface area (Å²) in [6.45, 7) is 6.06. The zero-order chi connectivity index (χ0) is 12.6. The Labute approximate surface area is 101 Å². The van der Waals surface area contributed by atoms with Crippen LogP contribution in [-0.4, -0.2) is 53.1 Å². The van der Waals surface area contributed by atoms with E-state index in [0.717, 1.165) is 0 Å². The maximum absolute atomic E-state index is 11.9. The number of hydrogen-bond donors (Lipinski definition) is 1. The van der Waals surface area contributed by atoms with Crippen molar-refractivity contribution in [3.8, 4) is 0 Å². The van der Waals surface area contributed by atoms with Crippen LogP contribution in [0, 0.1) is 0 Å². The molecule has 1 amide bonds. The summed E-state index contributed by atoms with van der Waals surface area (Å²) in [5.74, 6) is 0. The van der Waals surface area contributed by atoms with E-state index < -0.39 is 5.60 Å². The third-order valence-electron chi connectivity index (χ3n) is 2.76. The van der Waals surface area contributed by atoms with Crippen LogP contribution in [0.3, 0.4) is 0 Å². The molecule has 1 saturated heterocycles. The maximum Gasteiger partial charge on any atom is 0.411 e. The molecule has 0 spiro atoms. The number of epoxide rings is 1. The average Bonchev–Trinajstić information content (AvgIpc) is 2.83. The highest BCUT2D eigenvalue weighted by molar-refractivity contribution is 5.70. The molecule has 3 atom stereocenters. The summed E-state index contributed by atoms with van der Waals surface area (Å²) in [4.78, 5) is 13.6. The maximum atomic E-state index is 11.9. The molecule has 0 aromatic rings. The number of carbonyl (C=O) groups is 1. The van der Waals surface area contributed by atoms with Gasteiger partial charge in [-0.15, -0.1) is 0 Å². The van der Waals surface area contributed by atoms with Crippen LogP contribution in [0.4, 0.5) is 4.79 Å². The summed E-state index contributed by atoms with van der Waals surface area (Å²) < 4.78 is 10.6. The van der Waals surface area contributed by atoms with E-state index >= 15 is 0 Å². The molecule has 0 radical (unpaired) electrons. The molecule has 0 saturated carbocycles. The predicted molar refractivity (Wildman–Crippen MR) is 61.6 cm³/mol. The summed E-state index contributed by atoms with van der Waals surface area (Å²) in [5, 5.41) is 8.96. The summed E-state index contributed by atoms with van der Waals surface area (Å²) in [7, 11) is 0. The Morgan fingerprint density at radius 2 is 2.29 bits per heavy atom. The van der Waals surface area contributed by atoms with Crippen molar-refractivity contribution in [2.45, 2.75) is 44.6 Å². The van der Waals surface area contributed by atoms with Gasteiger partial charge in [0.25, 0.3) is 0 Å². The molecular formula is C12H19NO4. The minimum absolute atomic E-state index is 0.00281. The lowest BCUT2D eigenvalue weighted by Crippen LogP contribution is -2.43. The van der Waals surface area contributed by atoms with Crippen molar-refractivity contribution < 1.29 is 19.4 Å². The molecule has 0 bridgehead atoms. The number of carbonyl (C=O) groups excluding carboxylic acids is 1. The van der Waals surface area contributed by atoms with Gasteiger partial charge in [-0.3, -0.25) is 4.90 Å². The standard InChI is InChI=1S/C12H19NO4/c1-12(2,3)17-11(15)13-6-4-5-8(13)10-9(7-14)16-10/h4-5,8-10,14H,6-7H2,1-3H3/t8-,9-,10+/m0/s1. The molecule has 1 N–H and O–H groups in total. The van der Waals surface area contributed by atoms with Crippen LogP contribution < -0.4 is 0 Å². The zero-order valence-corrected chi connectivity index (χ0v) is 10.4. The first-order valence-corrected chi connectivity index (χ1v) is 5.85. The number of aliphatic hydroxyl groups is 1. The minimum atomic E-state index is -0.495. The molecule has 0 aromatic carbocycles. The quantitative estimate of drug-likeness (QED) is 0.577. The normalized spacial score (nSPS) is 31.8. The highest BCUT2D eigenvalue weighted by Gasteiger charge is 2.48. The van der Waals surface area contributed by atoms with Gasteiger partial charge in [0, 0.05) is 6.54 Å². The fraction of sp³-hybridized carbons (Fsp3) is 0.750. The molecular weight excluding hydrogens is 222 g/mol. The van der Waals surface area contributed by atoms with E-state index in [1.165, 1.54) is 0 Å². The lowest BCUT2D eigenvalue weighted by molar-refractivity contribution is 0.0222. The van der Waals surface area contributed by atoms with Gasteiger partial charge >= 0.3 is 6.09 Å². The molecule has 2 aliphatic heterocycles. The van der Waals surface area contributed by atoms with E-state index in [1.54, 1.807) is 4.90 Å². The molecule has 2 heterocycles. The largest absolute Gasteiger partial charge is 0.444 e. The van der Waals surface area contributed by atoms with Crippen molar-refractivity contribution in [3.63, 3.8) is 0 Å². The van der Waals surface area contributed by atoms with Crippen molar-refractivity contribution in [1.29, 1.82) is 0 Å². The highest BCUT2D eigenvalue weighted by Crippen LogP contribution is 2.31. The van der Waals surface area contributed by atoms with Gasteiger partial charge in [0.2, 0.25) is 0 Å². The van der Waals surface area contributed by atoms with Crippen molar-refractivity contribution in [1.82, 2.24) is 4.90 Å². The molecule has 96 valence electrons. The molecule has 5 nitrogen and oxygen atoms in total. The Hall–Kier alpha value is -1.07. The van der Waals surface area contributed by atoms with Gasteiger partial charge < -0.3 is 14.6 Å². The Morgan fingerprint density at radius 1 is 1.59 bits per heavy atom. The number of amides is 1. The van der Waals surface area contributed by atoms with Crippen LogP contribution in [0.1, 0.15) is 20.8 Å². The van der Waals surface area contributed by atoms with E-state index in [1.807, 2.05) is 32.9 Å². The second kappa shape index (κ2) is 4.31. The number of hydrogen-bond acceptors (Lipinski definition) is 4. The van der Waals surface area contributed by atoms with E-state index in [0.29, 0.717) is 6.54 Å². The Balaban J connectivity index is 1.95. The number of aliphatic hydroxyl groups excluding tert-OH is 1. The van der Waals surface area contributed by atoms with Gasteiger partial charge in [-0.2, -0.15) is 0 Å². The second-order valence-corrected chi connectivity index (χ2v) is 5.37. The summed E-state index contributed by atoms with van der Waals surface area (Å²) >= 11 is 0. The van der Waals surface area contributed by atoms with Gasteiger partial charge in [-0.1, -0.05) is 12.2 Å². The zero-order valence-electron chi connectivity index (χ0n) is 10.4. The number of ether oxygens (including phenoxy) is 2. The van der Waals surface area contributed by atoms with Crippen LogP contribution in [-0.2, 0) is 9.47 Å². The fourth-order valence-corrected chi connectivity index (χ4v) is 1.95. The number of rotatable bonds is 2. The molecule has 0 unspecified atom stereocenters. The van der Waals surface area contributed by atoms with E-state index in [4.69, 9.17) is 14.6 Å². The van der Waals surface area contributed by atoms with Crippen molar-refractivity contribution in [2.24, 2.45) is 0 Å². The van der Waals surface area contributed by atoms with E-state index in [-0.39, 0.29) is 30.9 Å². The summed E-state index contributed by atoms with van der Waals surface area (Å²) in [5.41, 5.74) is -0.495. The van der Waals surface area contributed by atoms with E-state index in [9.17, 15) is 4.79 Å². The van der Waals surface area contributed by atoms with Gasteiger partial charge in [-0.05, 0) is 20.8 Å².